The first kappa shape index (κ1) is 34.7. The maximum absolute atomic E-state index is 15.5. The van der Waals surface area contributed by atoms with Crippen LogP contribution in [0.5, 0.6) is 0 Å². The van der Waals surface area contributed by atoms with Crippen molar-refractivity contribution in [3.8, 4) is 11.1 Å². The second-order valence-electron chi connectivity index (χ2n) is 11.1. The summed E-state index contributed by atoms with van der Waals surface area (Å²) in [5.74, 6) is -2.40. The molecule has 1 heterocycles. The second-order valence-corrected chi connectivity index (χ2v) is 13.8. The fourth-order valence-electron chi connectivity index (χ4n) is 5.44. The van der Waals surface area contributed by atoms with Crippen LogP contribution in [-0.2, 0) is 24.3 Å². The summed E-state index contributed by atoms with van der Waals surface area (Å²) in [5, 5.41) is 4.34. The first-order valence-corrected chi connectivity index (χ1v) is 17.9. The molecule has 0 radical (unpaired) electrons. The summed E-state index contributed by atoms with van der Waals surface area (Å²) in [6, 6.07) is 15.4. The van der Waals surface area contributed by atoms with Gasteiger partial charge >= 0.3 is 0 Å². The van der Waals surface area contributed by atoms with Crippen LogP contribution >= 0.6 is 27.5 Å². The number of benzene rings is 3. The van der Waals surface area contributed by atoms with Crippen LogP contribution in [0.2, 0.25) is 5.02 Å². The van der Waals surface area contributed by atoms with Crippen molar-refractivity contribution in [2.24, 2.45) is 7.05 Å². The molecule has 0 fully saturated rings. The molecule has 5 nitrogen and oxygen atoms in total. The third-order valence-corrected chi connectivity index (χ3v) is 9.36. The Balaban J connectivity index is 1.76. The van der Waals surface area contributed by atoms with Gasteiger partial charge in [-0.2, -0.15) is 0 Å². The van der Waals surface area contributed by atoms with Crippen molar-refractivity contribution in [3.05, 3.63) is 117 Å². The van der Waals surface area contributed by atoms with E-state index in [-0.39, 0.29) is 33.7 Å². The Bertz CT molecular complexity index is 1710. The van der Waals surface area contributed by atoms with Gasteiger partial charge in [-0.3, -0.25) is 13.8 Å². The number of carbonyl (C=O) groups excluding carboxylic acids is 2. The van der Waals surface area contributed by atoms with Crippen LogP contribution in [0.1, 0.15) is 74.8 Å². The molecule has 1 N–H and O–H groups in total. The van der Waals surface area contributed by atoms with E-state index in [1.807, 2.05) is 12.1 Å². The van der Waals surface area contributed by atoms with E-state index in [1.54, 1.807) is 43.4 Å². The van der Waals surface area contributed by atoms with Crippen LogP contribution in [0.15, 0.2) is 66.9 Å². The first-order chi connectivity index (χ1) is 21.5. The molecule has 1 amide bonds. The smallest absolute Gasteiger partial charge is 0.253 e. The summed E-state index contributed by atoms with van der Waals surface area (Å²) in [4.78, 5) is 28.0. The number of rotatable bonds is 14. The van der Waals surface area contributed by atoms with Crippen molar-refractivity contribution < 1.29 is 22.6 Å². The van der Waals surface area contributed by atoms with Crippen molar-refractivity contribution in [1.29, 1.82) is 0 Å². The number of aryl methyl sites for hydroxylation is 2. The van der Waals surface area contributed by atoms with Crippen LogP contribution in [-0.4, -0.2) is 37.8 Å². The Morgan fingerprint density at radius 1 is 0.978 bits per heavy atom. The van der Waals surface area contributed by atoms with Crippen LogP contribution < -0.4 is 5.32 Å². The maximum atomic E-state index is 15.5. The van der Waals surface area contributed by atoms with Gasteiger partial charge < -0.3 is 9.88 Å². The standard InChI is InChI=1S/C35H36BrClF2N2O3S/c1-22-28(38)16-17-29(39)31(22)32-27(35(43)40-30(21-45(3)44)25-10-8-11-26(37)19-25)20-41(2)33(32)34(42)24-14-12-23(13-15-24)9-6-4-5-7-18-36/h8,10-17,19-20,30H,4-7,9,18,21H2,1-3H3,(H,40,43)/t30-,45?/m0/s1. The SMILES string of the molecule is Cc1c(F)ccc(F)c1-c1c(C(=O)N[C@@H](CS(C)=O)c2cccc(Cl)c2)cn(C)c1C(=O)c1ccc(CCCCCCBr)cc1. The summed E-state index contributed by atoms with van der Waals surface area (Å²) >= 11 is 9.65. The van der Waals surface area contributed by atoms with Crippen molar-refractivity contribution in [3.63, 3.8) is 0 Å². The summed E-state index contributed by atoms with van der Waals surface area (Å²) < 4.78 is 44.1. The van der Waals surface area contributed by atoms with E-state index < -0.39 is 40.2 Å². The predicted octanol–water partition coefficient (Wildman–Crippen LogP) is 8.51. The van der Waals surface area contributed by atoms with Crippen molar-refractivity contribution in [1.82, 2.24) is 9.88 Å². The highest BCUT2D eigenvalue weighted by Gasteiger charge is 2.30. The molecule has 4 rings (SSSR count). The molecule has 238 valence electrons. The average molecular weight is 718 g/mol. The quantitative estimate of drug-likeness (QED) is 0.0808. The average Bonchev–Trinajstić information content (AvgIpc) is 3.35. The van der Waals surface area contributed by atoms with Gasteiger partial charge in [-0.25, -0.2) is 8.78 Å². The lowest BCUT2D eigenvalue weighted by Crippen LogP contribution is -2.32. The van der Waals surface area contributed by atoms with E-state index in [1.165, 1.54) is 23.9 Å². The molecule has 0 saturated heterocycles. The molecule has 1 unspecified atom stereocenters. The van der Waals surface area contributed by atoms with E-state index in [9.17, 15) is 18.2 Å². The van der Waals surface area contributed by atoms with Gasteiger partial charge in [0.2, 0.25) is 5.78 Å². The number of hydrogen-bond acceptors (Lipinski definition) is 3. The number of hydrogen-bond donors (Lipinski definition) is 1. The number of halogens is 4. The molecule has 0 spiro atoms. The Morgan fingerprint density at radius 3 is 2.33 bits per heavy atom. The van der Waals surface area contributed by atoms with Crippen LogP contribution in [0, 0.1) is 18.6 Å². The Hall–Kier alpha value is -3.14. The molecule has 10 heteroatoms. The lowest BCUT2D eigenvalue weighted by Gasteiger charge is -2.19. The van der Waals surface area contributed by atoms with Crippen LogP contribution in [0.3, 0.4) is 0 Å². The predicted molar refractivity (Wildman–Crippen MR) is 182 cm³/mol. The van der Waals surface area contributed by atoms with Gasteiger partial charge in [-0.1, -0.05) is 76.8 Å². The summed E-state index contributed by atoms with van der Waals surface area (Å²) in [7, 11) is 0.301. The normalized spacial score (nSPS) is 12.6. The van der Waals surface area contributed by atoms with Gasteiger partial charge in [-0.05, 0) is 67.1 Å². The molecule has 0 saturated carbocycles. The van der Waals surface area contributed by atoms with E-state index in [2.05, 4.69) is 21.2 Å². The lowest BCUT2D eigenvalue weighted by molar-refractivity contribution is 0.0940. The Labute approximate surface area is 279 Å². The van der Waals surface area contributed by atoms with E-state index >= 15 is 4.39 Å². The number of aromatic nitrogens is 1. The molecule has 0 aliphatic rings. The maximum Gasteiger partial charge on any atom is 0.253 e. The van der Waals surface area contributed by atoms with Gasteiger partial charge in [0.05, 0.1) is 17.3 Å². The minimum absolute atomic E-state index is 0.00664. The minimum Gasteiger partial charge on any atom is -0.347 e. The highest BCUT2D eigenvalue weighted by Crippen LogP contribution is 2.36. The zero-order chi connectivity index (χ0) is 32.7. The first-order valence-electron chi connectivity index (χ1n) is 14.7. The molecular weight excluding hydrogens is 682 g/mol. The van der Waals surface area contributed by atoms with Gasteiger partial charge in [0.25, 0.3) is 5.91 Å². The fraction of sp³-hybridized carbons (Fsp3) is 0.314. The fourth-order valence-corrected chi connectivity index (χ4v) is 6.78. The second kappa shape index (κ2) is 15.9. The molecule has 45 heavy (non-hydrogen) atoms. The highest BCUT2D eigenvalue weighted by molar-refractivity contribution is 9.09. The molecule has 4 aromatic rings. The number of nitrogens with zero attached hydrogens (tertiary/aromatic N) is 1. The minimum atomic E-state index is -1.29. The topological polar surface area (TPSA) is 68.2 Å². The Morgan fingerprint density at radius 2 is 1.67 bits per heavy atom. The van der Waals surface area contributed by atoms with Crippen molar-refractivity contribution in [2.75, 3.05) is 17.3 Å². The van der Waals surface area contributed by atoms with Crippen LogP contribution in [0.25, 0.3) is 11.1 Å². The summed E-state index contributed by atoms with van der Waals surface area (Å²) in [6.45, 7) is 1.42. The third kappa shape index (κ3) is 8.57. The Kier molecular flexibility index (Phi) is 12.3. The summed E-state index contributed by atoms with van der Waals surface area (Å²) in [5.41, 5.74) is 1.94. The number of unbranched alkanes of at least 4 members (excludes halogenated alkanes) is 3. The van der Waals surface area contributed by atoms with Gasteiger partial charge in [0, 0.05) is 63.1 Å². The molecule has 1 aromatic heterocycles. The van der Waals surface area contributed by atoms with Crippen LogP contribution in [0.4, 0.5) is 8.78 Å². The monoisotopic (exact) mass is 716 g/mol. The van der Waals surface area contributed by atoms with Crippen molar-refractivity contribution >= 4 is 50.0 Å². The number of nitrogens with one attached hydrogen (secondary N) is 1. The molecule has 2 atom stereocenters. The highest BCUT2D eigenvalue weighted by atomic mass is 79.9. The lowest BCUT2D eigenvalue weighted by atomic mass is 9.92. The van der Waals surface area contributed by atoms with E-state index in [0.717, 1.165) is 55.1 Å². The number of amides is 1. The van der Waals surface area contributed by atoms with Gasteiger partial charge in [0.1, 0.15) is 11.6 Å². The molecule has 0 bridgehead atoms. The number of ketones is 1. The zero-order valence-corrected chi connectivity index (χ0v) is 28.6. The van der Waals surface area contributed by atoms with Gasteiger partial charge in [0.15, 0.2) is 0 Å². The van der Waals surface area contributed by atoms with Gasteiger partial charge in [-0.15, -0.1) is 0 Å². The van der Waals surface area contributed by atoms with E-state index in [0.29, 0.717) is 16.1 Å². The van der Waals surface area contributed by atoms with E-state index in [4.69, 9.17) is 11.6 Å². The zero-order valence-electron chi connectivity index (χ0n) is 25.5. The molecule has 0 aliphatic carbocycles. The molecule has 3 aromatic carbocycles. The number of alkyl halides is 1. The molecular formula is C35H36BrClF2N2O3S. The van der Waals surface area contributed by atoms with Crippen molar-refractivity contribution in [2.45, 2.75) is 45.1 Å². The summed E-state index contributed by atoms with van der Waals surface area (Å²) in [6.07, 6.45) is 8.31. The largest absolute Gasteiger partial charge is 0.347 e. The third-order valence-electron chi connectivity index (χ3n) is 7.76. The molecule has 0 aliphatic heterocycles. The number of carbonyl (C=O) groups is 2.